The Morgan fingerprint density at radius 2 is 1.63 bits per heavy atom. The number of aryl methyl sites for hydroxylation is 1. The lowest BCUT2D eigenvalue weighted by Gasteiger charge is -2.27. The molecule has 3 amide bonds. The second-order valence-corrected chi connectivity index (χ2v) is 11.0. The minimum atomic E-state index is -0.322. The summed E-state index contributed by atoms with van der Waals surface area (Å²) in [6.45, 7) is 3.94. The topological polar surface area (TPSA) is 138 Å². The van der Waals surface area contributed by atoms with Gasteiger partial charge in [-0.2, -0.15) is 5.10 Å². The van der Waals surface area contributed by atoms with Gasteiger partial charge in [0.2, 0.25) is 0 Å². The maximum Gasteiger partial charge on any atom is 0.255 e. The molecule has 0 spiro atoms. The van der Waals surface area contributed by atoms with Crippen LogP contribution in [0.3, 0.4) is 0 Å². The summed E-state index contributed by atoms with van der Waals surface area (Å²) in [5.74, 6) is -0.233. The molecular formula is C32H34N8O3. The standard InChI is InChI=1S/C32H34N8O3/c1-38-19-26(18-36-38)25-16-28(29(33)35-17-25)30(41)37-27-9-12-40(20-27)31(42)22-7-5-21(6-8-22)23-3-2-4-24(15-23)32(43)39-13-10-34-11-14-39/h2-8,15-19,27,34H,9-14,20H2,1H3,(H2,33,35)(H,37,41)/t27-/m1/s1. The molecule has 1 atom stereocenters. The number of amides is 3. The average molecular weight is 579 g/mol. The summed E-state index contributed by atoms with van der Waals surface area (Å²) in [6.07, 6.45) is 5.80. The van der Waals surface area contributed by atoms with Crippen molar-refractivity contribution in [1.29, 1.82) is 0 Å². The van der Waals surface area contributed by atoms with Gasteiger partial charge in [0.25, 0.3) is 17.7 Å². The third kappa shape index (κ3) is 6.12. The second kappa shape index (κ2) is 12.1. The van der Waals surface area contributed by atoms with Crippen LogP contribution in [0.25, 0.3) is 22.3 Å². The number of aromatic nitrogens is 3. The number of piperazine rings is 1. The lowest BCUT2D eigenvalue weighted by Crippen LogP contribution is -2.46. The van der Waals surface area contributed by atoms with Crippen molar-refractivity contribution in [3.05, 3.63) is 89.9 Å². The van der Waals surface area contributed by atoms with Gasteiger partial charge in [0, 0.05) is 87.0 Å². The monoisotopic (exact) mass is 578 g/mol. The molecule has 0 aliphatic carbocycles. The van der Waals surface area contributed by atoms with Crippen molar-refractivity contribution in [1.82, 2.24) is 35.2 Å². The second-order valence-electron chi connectivity index (χ2n) is 11.0. The van der Waals surface area contributed by atoms with Crippen LogP contribution in [-0.4, -0.2) is 87.6 Å². The predicted molar refractivity (Wildman–Crippen MR) is 163 cm³/mol. The molecule has 11 nitrogen and oxygen atoms in total. The normalized spacial score (nSPS) is 16.7. The highest BCUT2D eigenvalue weighted by Crippen LogP contribution is 2.24. The van der Waals surface area contributed by atoms with Crippen molar-refractivity contribution >= 4 is 23.5 Å². The molecule has 0 saturated carbocycles. The Labute approximate surface area is 249 Å². The zero-order valence-electron chi connectivity index (χ0n) is 24.0. The van der Waals surface area contributed by atoms with Crippen molar-refractivity contribution in [2.24, 2.45) is 7.05 Å². The molecule has 4 heterocycles. The fourth-order valence-electron chi connectivity index (χ4n) is 5.58. The molecule has 6 rings (SSSR count). The van der Waals surface area contributed by atoms with Crippen LogP contribution in [0.1, 0.15) is 37.5 Å². The third-order valence-electron chi connectivity index (χ3n) is 7.99. The summed E-state index contributed by atoms with van der Waals surface area (Å²) in [6, 6.07) is 16.5. The lowest BCUT2D eigenvalue weighted by atomic mass is 10.0. The Hall–Kier alpha value is -5.03. The summed E-state index contributed by atoms with van der Waals surface area (Å²) in [7, 11) is 1.82. The highest BCUT2D eigenvalue weighted by Gasteiger charge is 2.29. The summed E-state index contributed by atoms with van der Waals surface area (Å²) in [5.41, 5.74) is 11.0. The fourth-order valence-corrected chi connectivity index (χ4v) is 5.58. The molecule has 43 heavy (non-hydrogen) atoms. The number of likely N-dealkylation sites (tertiary alicyclic amines) is 1. The van der Waals surface area contributed by atoms with E-state index in [1.807, 2.05) is 66.7 Å². The molecule has 4 aromatic rings. The van der Waals surface area contributed by atoms with Gasteiger partial charge >= 0.3 is 0 Å². The lowest BCUT2D eigenvalue weighted by molar-refractivity contribution is 0.0735. The first-order valence-electron chi connectivity index (χ1n) is 14.4. The van der Waals surface area contributed by atoms with Gasteiger partial charge in [0.15, 0.2) is 0 Å². The number of carbonyl (C=O) groups is 3. The van der Waals surface area contributed by atoms with E-state index in [0.717, 1.165) is 35.3 Å². The first kappa shape index (κ1) is 28.1. The molecule has 2 aliphatic rings. The van der Waals surface area contributed by atoms with E-state index in [1.165, 1.54) is 0 Å². The maximum absolute atomic E-state index is 13.3. The Morgan fingerprint density at radius 1 is 0.860 bits per heavy atom. The molecule has 2 aliphatic heterocycles. The van der Waals surface area contributed by atoms with Crippen molar-refractivity contribution in [3.63, 3.8) is 0 Å². The van der Waals surface area contributed by atoms with E-state index in [4.69, 9.17) is 5.73 Å². The number of rotatable bonds is 6. The predicted octanol–water partition coefficient (Wildman–Crippen LogP) is 2.42. The largest absolute Gasteiger partial charge is 0.383 e. The minimum Gasteiger partial charge on any atom is -0.383 e. The van der Waals surface area contributed by atoms with E-state index in [1.54, 1.807) is 28.0 Å². The number of anilines is 1. The van der Waals surface area contributed by atoms with Gasteiger partial charge < -0.3 is 26.2 Å². The molecule has 2 aromatic carbocycles. The van der Waals surface area contributed by atoms with Gasteiger partial charge in [0.1, 0.15) is 5.82 Å². The smallest absolute Gasteiger partial charge is 0.255 e. The molecule has 4 N–H and O–H groups in total. The van der Waals surface area contributed by atoms with E-state index < -0.39 is 0 Å². The van der Waals surface area contributed by atoms with E-state index in [9.17, 15) is 14.4 Å². The van der Waals surface area contributed by atoms with Crippen molar-refractivity contribution < 1.29 is 14.4 Å². The SMILES string of the molecule is Cn1cc(-c2cnc(N)c(C(=O)N[C@@H]3CCN(C(=O)c4ccc(-c5cccc(C(=O)N6CCNCC6)c5)cc4)C3)c2)cn1. The number of nitrogens with zero attached hydrogens (tertiary/aromatic N) is 5. The van der Waals surface area contributed by atoms with Gasteiger partial charge in [-0.25, -0.2) is 4.98 Å². The maximum atomic E-state index is 13.3. The summed E-state index contributed by atoms with van der Waals surface area (Å²) >= 11 is 0. The average Bonchev–Trinajstić information content (AvgIpc) is 3.70. The van der Waals surface area contributed by atoms with Gasteiger partial charge in [-0.05, 0) is 47.9 Å². The first-order valence-corrected chi connectivity index (χ1v) is 14.4. The van der Waals surface area contributed by atoms with E-state index in [2.05, 4.69) is 20.7 Å². The van der Waals surface area contributed by atoms with Crippen molar-refractivity contribution in [3.8, 4) is 22.3 Å². The number of hydrogen-bond donors (Lipinski definition) is 3. The Morgan fingerprint density at radius 3 is 2.37 bits per heavy atom. The minimum absolute atomic E-state index is 0.0333. The van der Waals surface area contributed by atoms with Crippen molar-refractivity contribution in [2.45, 2.75) is 12.5 Å². The van der Waals surface area contributed by atoms with Crippen LogP contribution in [0.15, 0.2) is 73.2 Å². The van der Waals surface area contributed by atoms with Crippen LogP contribution in [0.5, 0.6) is 0 Å². The Bertz CT molecular complexity index is 1660. The molecule has 220 valence electrons. The van der Waals surface area contributed by atoms with Gasteiger partial charge in [-0.15, -0.1) is 0 Å². The number of nitrogens with one attached hydrogen (secondary N) is 2. The van der Waals surface area contributed by atoms with Crippen LogP contribution in [0.4, 0.5) is 5.82 Å². The van der Waals surface area contributed by atoms with E-state index in [-0.39, 0.29) is 29.6 Å². The third-order valence-corrected chi connectivity index (χ3v) is 7.99. The zero-order valence-corrected chi connectivity index (χ0v) is 24.0. The molecule has 2 fully saturated rings. The number of nitrogens with two attached hydrogens (primary N) is 1. The number of hydrogen-bond acceptors (Lipinski definition) is 7. The molecule has 0 bridgehead atoms. The van der Waals surface area contributed by atoms with Crippen LogP contribution in [0.2, 0.25) is 0 Å². The van der Waals surface area contributed by atoms with Gasteiger partial charge in [-0.1, -0.05) is 24.3 Å². The van der Waals surface area contributed by atoms with Gasteiger partial charge in [-0.3, -0.25) is 19.1 Å². The number of benzene rings is 2. The zero-order chi connectivity index (χ0) is 29.9. The first-order chi connectivity index (χ1) is 20.9. The Kier molecular flexibility index (Phi) is 7.89. The molecule has 0 unspecified atom stereocenters. The van der Waals surface area contributed by atoms with E-state index >= 15 is 0 Å². The summed E-state index contributed by atoms with van der Waals surface area (Å²) in [5, 5.41) is 10.5. The molecule has 2 saturated heterocycles. The number of nitrogen functional groups attached to an aromatic ring is 1. The number of pyridine rings is 1. The van der Waals surface area contributed by atoms with Gasteiger partial charge in [0.05, 0.1) is 11.8 Å². The van der Waals surface area contributed by atoms with Crippen molar-refractivity contribution in [2.75, 3.05) is 45.0 Å². The summed E-state index contributed by atoms with van der Waals surface area (Å²) < 4.78 is 1.68. The molecule has 0 radical (unpaired) electrons. The van der Waals surface area contributed by atoms with Crippen LogP contribution >= 0.6 is 0 Å². The summed E-state index contributed by atoms with van der Waals surface area (Å²) in [4.78, 5) is 47.2. The van der Waals surface area contributed by atoms with Crippen LogP contribution < -0.4 is 16.4 Å². The highest BCUT2D eigenvalue weighted by molar-refractivity contribution is 6.00. The quantitative estimate of drug-likeness (QED) is 0.319. The van der Waals surface area contributed by atoms with Crippen LogP contribution in [0, 0.1) is 0 Å². The fraction of sp³-hybridized carbons (Fsp3) is 0.281. The highest BCUT2D eigenvalue weighted by atomic mass is 16.2. The molecule has 11 heteroatoms. The van der Waals surface area contributed by atoms with E-state index in [0.29, 0.717) is 49.3 Å². The number of carbonyl (C=O) groups excluding carboxylic acids is 3. The molecule has 2 aromatic heterocycles. The van der Waals surface area contributed by atoms with Crippen LogP contribution in [-0.2, 0) is 7.05 Å². The molecular weight excluding hydrogens is 544 g/mol. The Balaban J connectivity index is 1.08.